The summed E-state index contributed by atoms with van der Waals surface area (Å²) in [7, 11) is 0. The summed E-state index contributed by atoms with van der Waals surface area (Å²) in [6, 6.07) is 20.8. The highest BCUT2D eigenvalue weighted by Crippen LogP contribution is 2.20. The SMILES string of the molecule is CCOc1ncccc1C(=O)Nc1ccc(Nc2ccccc2)cc1. The molecule has 126 valence electrons. The van der Waals surface area contributed by atoms with Crippen molar-refractivity contribution in [2.45, 2.75) is 6.92 Å². The molecule has 0 aliphatic carbocycles. The Labute approximate surface area is 146 Å². The third kappa shape index (κ3) is 4.35. The number of anilines is 3. The van der Waals surface area contributed by atoms with E-state index in [1.165, 1.54) is 0 Å². The Kier molecular flexibility index (Phi) is 5.26. The quantitative estimate of drug-likeness (QED) is 0.698. The van der Waals surface area contributed by atoms with Crippen LogP contribution in [0.3, 0.4) is 0 Å². The fourth-order valence-electron chi connectivity index (χ4n) is 2.34. The van der Waals surface area contributed by atoms with Gasteiger partial charge in [-0.3, -0.25) is 4.79 Å². The molecule has 2 aromatic carbocycles. The monoisotopic (exact) mass is 333 g/mol. The summed E-state index contributed by atoms with van der Waals surface area (Å²) in [6.07, 6.45) is 1.60. The van der Waals surface area contributed by atoms with Crippen LogP contribution in [0.5, 0.6) is 5.88 Å². The van der Waals surface area contributed by atoms with E-state index in [1.54, 1.807) is 18.3 Å². The molecule has 0 radical (unpaired) electrons. The van der Waals surface area contributed by atoms with E-state index in [9.17, 15) is 4.79 Å². The van der Waals surface area contributed by atoms with Crippen molar-refractivity contribution >= 4 is 23.0 Å². The van der Waals surface area contributed by atoms with Crippen LogP contribution in [0.15, 0.2) is 72.9 Å². The van der Waals surface area contributed by atoms with Gasteiger partial charge in [0, 0.05) is 23.3 Å². The second-order valence-electron chi connectivity index (χ2n) is 5.31. The number of para-hydroxylation sites is 1. The Hall–Kier alpha value is -3.34. The summed E-state index contributed by atoms with van der Waals surface area (Å²) in [6.45, 7) is 2.31. The van der Waals surface area contributed by atoms with Crippen LogP contribution in [-0.4, -0.2) is 17.5 Å². The van der Waals surface area contributed by atoms with Crippen molar-refractivity contribution in [2.75, 3.05) is 17.2 Å². The van der Waals surface area contributed by atoms with E-state index in [-0.39, 0.29) is 5.91 Å². The van der Waals surface area contributed by atoms with Crippen LogP contribution in [0.4, 0.5) is 17.1 Å². The third-order valence-corrected chi connectivity index (χ3v) is 3.50. The molecule has 1 aromatic heterocycles. The Bertz CT molecular complexity index is 833. The normalized spacial score (nSPS) is 10.1. The Morgan fingerprint density at radius 1 is 0.920 bits per heavy atom. The van der Waals surface area contributed by atoms with Crippen LogP contribution < -0.4 is 15.4 Å². The first kappa shape index (κ1) is 16.5. The van der Waals surface area contributed by atoms with Gasteiger partial charge in [-0.25, -0.2) is 4.98 Å². The lowest BCUT2D eigenvalue weighted by molar-refractivity contribution is 0.102. The molecule has 0 saturated heterocycles. The molecule has 0 bridgehead atoms. The number of aromatic nitrogens is 1. The fraction of sp³-hybridized carbons (Fsp3) is 0.100. The highest BCUT2D eigenvalue weighted by Gasteiger charge is 2.13. The molecule has 0 atom stereocenters. The molecule has 5 nitrogen and oxygen atoms in total. The molecule has 3 rings (SSSR count). The van der Waals surface area contributed by atoms with Crippen LogP contribution in [0.1, 0.15) is 17.3 Å². The van der Waals surface area contributed by atoms with Gasteiger partial charge >= 0.3 is 0 Å². The van der Waals surface area contributed by atoms with Gasteiger partial charge in [0.05, 0.1) is 6.61 Å². The molecule has 0 aliphatic rings. The van der Waals surface area contributed by atoms with Crippen molar-refractivity contribution in [3.8, 4) is 5.88 Å². The summed E-state index contributed by atoms with van der Waals surface area (Å²) >= 11 is 0. The van der Waals surface area contributed by atoms with Gasteiger partial charge in [-0.1, -0.05) is 18.2 Å². The van der Waals surface area contributed by atoms with Gasteiger partial charge in [-0.15, -0.1) is 0 Å². The lowest BCUT2D eigenvalue weighted by Crippen LogP contribution is -2.14. The average molecular weight is 333 g/mol. The van der Waals surface area contributed by atoms with Crippen molar-refractivity contribution in [1.82, 2.24) is 4.98 Å². The van der Waals surface area contributed by atoms with Crippen molar-refractivity contribution in [2.24, 2.45) is 0 Å². The first-order chi connectivity index (χ1) is 12.3. The zero-order valence-electron chi connectivity index (χ0n) is 13.9. The molecule has 0 saturated carbocycles. The lowest BCUT2D eigenvalue weighted by atomic mass is 10.2. The maximum absolute atomic E-state index is 12.4. The van der Waals surface area contributed by atoms with Gasteiger partial charge < -0.3 is 15.4 Å². The fourth-order valence-corrected chi connectivity index (χ4v) is 2.34. The number of pyridine rings is 1. The smallest absolute Gasteiger partial charge is 0.261 e. The van der Waals surface area contributed by atoms with Gasteiger partial charge in [0.2, 0.25) is 5.88 Å². The van der Waals surface area contributed by atoms with Crippen LogP contribution in [0.25, 0.3) is 0 Å². The standard InChI is InChI=1S/C20H19N3O2/c1-2-25-20-18(9-6-14-21-20)19(24)23-17-12-10-16(11-13-17)22-15-7-4-3-5-8-15/h3-14,22H,2H2,1H3,(H,23,24). The average Bonchev–Trinajstić information content (AvgIpc) is 2.65. The Balaban J connectivity index is 1.68. The molecule has 0 unspecified atom stereocenters. The predicted molar refractivity (Wildman–Crippen MR) is 99.5 cm³/mol. The molecular weight excluding hydrogens is 314 g/mol. The van der Waals surface area contributed by atoms with E-state index in [1.807, 2.05) is 61.5 Å². The van der Waals surface area contributed by atoms with Crippen molar-refractivity contribution in [3.63, 3.8) is 0 Å². The number of nitrogens with one attached hydrogen (secondary N) is 2. The summed E-state index contributed by atoms with van der Waals surface area (Å²) in [4.78, 5) is 16.5. The predicted octanol–water partition coefficient (Wildman–Crippen LogP) is 4.48. The van der Waals surface area contributed by atoms with E-state index in [2.05, 4.69) is 15.6 Å². The van der Waals surface area contributed by atoms with Crippen LogP contribution >= 0.6 is 0 Å². The van der Waals surface area contributed by atoms with Gasteiger partial charge in [0.15, 0.2) is 0 Å². The lowest BCUT2D eigenvalue weighted by Gasteiger charge is -2.10. The summed E-state index contributed by atoms with van der Waals surface area (Å²) in [5.74, 6) is 0.0881. The molecule has 0 spiro atoms. The molecule has 5 heteroatoms. The van der Waals surface area contributed by atoms with E-state index < -0.39 is 0 Å². The molecule has 25 heavy (non-hydrogen) atoms. The second-order valence-corrected chi connectivity index (χ2v) is 5.31. The number of amides is 1. The number of rotatable bonds is 6. The number of nitrogens with zero attached hydrogens (tertiary/aromatic N) is 1. The number of benzene rings is 2. The maximum atomic E-state index is 12.4. The summed E-state index contributed by atoms with van der Waals surface area (Å²) in [5.41, 5.74) is 3.07. The zero-order chi connectivity index (χ0) is 17.5. The van der Waals surface area contributed by atoms with E-state index in [0.717, 1.165) is 11.4 Å². The molecular formula is C20H19N3O2. The summed E-state index contributed by atoms with van der Waals surface area (Å²) < 4.78 is 5.40. The van der Waals surface area contributed by atoms with Crippen LogP contribution in [0.2, 0.25) is 0 Å². The first-order valence-corrected chi connectivity index (χ1v) is 8.07. The number of hydrogen-bond acceptors (Lipinski definition) is 4. The maximum Gasteiger partial charge on any atom is 0.261 e. The van der Waals surface area contributed by atoms with Gasteiger partial charge in [0.25, 0.3) is 5.91 Å². The van der Waals surface area contributed by atoms with Crippen molar-refractivity contribution < 1.29 is 9.53 Å². The van der Waals surface area contributed by atoms with E-state index in [0.29, 0.717) is 23.7 Å². The zero-order valence-corrected chi connectivity index (χ0v) is 13.9. The minimum absolute atomic E-state index is 0.250. The molecule has 1 heterocycles. The minimum Gasteiger partial charge on any atom is -0.477 e. The molecule has 2 N–H and O–H groups in total. The van der Waals surface area contributed by atoms with Crippen LogP contribution in [0, 0.1) is 0 Å². The highest BCUT2D eigenvalue weighted by atomic mass is 16.5. The number of carbonyl (C=O) groups is 1. The first-order valence-electron chi connectivity index (χ1n) is 8.07. The molecule has 3 aromatic rings. The molecule has 0 fully saturated rings. The van der Waals surface area contributed by atoms with E-state index >= 15 is 0 Å². The van der Waals surface area contributed by atoms with Gasteiger partial charge in [-0.2, -0.15) is 0 Å². The third-order valence-electron chi connectivity index (χ3n) is 3.50. The van der Waals surface area contributed by atoms with Gasteiger partial charge in [0.1, 0.15) is 5.56 Å². The second kappa shape index (κ2) is 7.97. The van der Waals surface area contributed by atoms with Crippen molar-refractivity contribution in [1.29, 1.82) is 0 Å². The van der Waals surface area contributed by atoms with E-state index in [4.69, 9.17) is 4.74 Å². The highest BCUT2D eigenvalue weighted by molar-refractivity contribution is 6.05. The van der Waals surface area contributed by atoms with Crippen LogP contribution in [-0.2, 0) is 0 Å². The number of carbonyl (C=O) groups excluding carboxylic acids is 1. The topological polar surface area (TPSA) is 63.2 Å². The largest absolute Gasteiger partial charge is 0.477 e. The molecule has 1 amide bonds. The van der Waals surface area contributed by atoms with Crippen molar-refractivity contribution in [3.05, 3.63) is 78.5 Å². The Morgan fingerprint density at radius 2 is 1.60 bits per heavy atom. The summed E-state index contributed by atoms with van der Waals surface area (Å²) in [5, 5.41) is 6.16. The molecule has 0 aliphatic heterocycles. The number of ether oxygens (including phenoxy) is 1. The number of hydrogen-bond donors (Lipinski definition) is 2. The Morgan fingerprint density at radius 3 is 2.32 bits per heavy atom. The van der Waals surface area contributed by atoms with Gasteiger partial charge in [-0.05, 0) is 55.5 Å². The minimum atomic E-state index is -0.250.